The summed E-state index contributed by atoms with van der Waals surface area (Å²) in [6, 6.07) is 19.7. The van der Waals surface area contributed by atoms with E-state index in [0.29, 0.717) is 13.0 Å². The van der Waals surface area contributed by atoms with E-state index in [-0.39, 0.29) is 26.4 Å². The molecule has 0 saturated heterocycles. The van der Waals surface area contributed by atoms with Gasteiger partial charge in [-0.15, -0.1) is 0 Å². The van der Waals surface area contributed by atoms with Crippen molar-refractivity contribution >= 4 is 5.97 Å². The standard InChI is InChI=1S/C16H16O2.Pd/c17-16(12-11-14-7-3-1-4-8-14)18-13-15-9-5-2-6-10-15;/h1-10H,11-13H2;. The molecule has 0 saturated carbocycles. The summed E-state index contributed by atoms with van der Waals surface area (Å²) < 4.78 is 5.21. The van der Waals surface area contributed by atoms with Crippen LogP contribution in [0.1, 0.15) is 17.5 Å². The molecular formula is C16H16O2Pd. The molecule has 2 nitrogen and oxygen atoms in total. The molecule has 3 heteroatoms. The summed E-state index contributed by atoms with van der Waals surface area (Å²) >= 11 is 0. The first kappa shape index (κ1) is 15.6. The topological polar surface area (TPSA) is 26.3 Å². The van der Waals surface area contributed by atoms with Crippen LogP contribution in [0.5, 0.6) is 0 Å². The molecule has 0 unspecified atom stereocenters. The fourth-order valence-electron chi connectivity index (χ4n) is 1.70. The fraction of sp³-hybridized carbons (Fsp3) is 0.188. The first-order valence-corrected chi connectivity index (χ1v) is 6.08. The second-order valence-corrected chi connectivity index (χ2v) is 4.13. The van der Waals surface area contributed by atoms with Crippen LogP contribution in [0.4, 0.5) is 0 Å². The van der Waals surface area contributed by atoms with E-state index in [4.69, 9.17) is 4.74 Å². The first-order chi connectivity index (χ1) is 8.84. The molecule has 2 aromatic carbocycles. The summed E-state index contributed by atoms with van der Waals surface area (Å²) in [7, 11) is 0. The molecule has 0 fully saturated rings. The summed E-state index contributed by atoms with van der Waals surface area (Å²) in [6.45, 7) is 0.356. The van der Waals surface area contributed by atoms with Crippen molar-refractivity contribution < 1.29 is 30.0 Å². The molecule has 0 aromatic heterocycles. The third-order valence-corrected chi connectivity index (χ3v) is 2.70. The molecule has 0 aliphatic rings. The van der Waals surface area contributed by atoms with E-state index >= 15 is 0 Å². The van der Waals surface area contributed by atoms with Gasteiger partial charge in [-0.1, -0.05) is 60.7 Å². The zero-order valence-corrected chi connectivity index (χ0v) is 12.1. The van der Waals surface area contributed by atoms with Crippen LogP contribution in [0.3, 0.4) is 0 Å². The van der Waals surface area contributed by atoms with Crippen LogP contribution in [-0.4, -0.2) is 5.97 Å². The van der Waals surface area contributed by atoms with Crippen molar-refractivity contribution in [3.8, 4) is 0 Å². The van der Waals surface area contributed by atoms with Crippen molar-refractivity contribution in [2.75, 3.05) is 0 Å². The SMILES string of the molecule is O=C(CCc1ccccc1)OCc1ccccc1.[Pd]. The number of hydrogen-bond donors (Lipinski definition) is 0. The van der Waals surface area contributed by atoms with Crippen molar-refractivity contribution in [3.05, 3.63) is 71.8 Å². The second kappa shape index (κ2) is 8.64. The maximum Gasteiger partial charge on any atom is 0.306 e. The molecule has 2 rings (SSSR count). The molecule has 0 aliphatic heterocycles. The van der Waals surface area contributed by atoms with Gasteiger partial charge in [0, 0.05) is 26.8 Å². The van der Waals surface area contributed by atoms with Crippen molar-refractivity contribution in [3.63, 3.8) is 0 Å². The number of ether oxygens (including phenoxy) is 1. The predicted octanol–water partition coefficient (Wildman–Crippen LogP) is 3.36. The smallest absolute Gasteiger partial charge is 0.306 e. The number of aryl methyl sites for hydroxylation is 1. The average molecular weight is 347 g/mol. The van der Waals surface area contributed by atoms with E-state index < -0.39 is 0 Å². The Hall–Kier alpha value is -1.43. The molecule has 19 heavy (non-hydrogen) atoms. The summed E-state index contributed by atoms with van der Waals surface area (Å²) in [5.74, 6) is -0.150. The van der Waals surface area contributed by atoms with E-state index in [0.717, 1.165) is 17.5 Å². The number of benzene rings is 2. The molecule has 0 N–H and O–H groups in total. The largest absolute Gasteiger partial charge is 0.461 e. The van der Waals surface area contributed by atoms with Crippen LogP contribution in [0.2, 0.25) is 0 Å². The Morgan fingerprint density at radius 3 is 1.95 bits per heavy atom. The molecule has 0 amide bonds. The minimum atomic E-state index is -0.150. The van der Waals surface area contributed by atoms with Crippen LogP contribution < -0.4 is 0 Å². The first-order valence-electron chi connectivity index (χ1n) is 6.08. The van der Waals surface area contributed by atoms with Crippen molar-refractivity contribution in [2.45, 2.75) is 19.4 Å². The van der Waals surface area contributed by atoms with Crippen LogP contribution in [0.25, 0.3) is 0 Å². The third kappa shape index (κ3) is 5.83. The van der Waals surface area contributed by atoms with Crippen LogP contribution >= 0.6 is 0 Å². The van der Waals surface area contributed by atoms with Gasteiger partial charge >= 0.3 is 5.97 Å². The third-order valence-electron chi connectivity index (χ3n) is 2.70. The van der Waals surface area contributed by atoms with Gasteiger partial charge in [0.2, 0.25) is 0 Å². The van der Waals surface area contributed by atoms with E-state index in [1.165, 1.54) is 0 Å². The molecular weight excluding hydrogens is 331 g/mol. The van der Waals surface area contributed by atoms with E-state index in [9.17, 15) is 4.79 Å². The quantitative estimate of drug-likeness (QED) is 0.613. The van der Waals surface area contributed by atoms with Crippen molar-refractivity contribution in [2.24, 2.45) is 0 Å². The Balaban J connectivity index is 0.00000180. The molecule has 0 spiro atoms. The van der Waals surface area contributed by atoms with Gasteiger partial charge in [-0.05, 0) is 17.5 Å². The number of carbonyl (C=O) groups is 1. The Morgan fingerprint density at radius 2 is 1.37 bits per heavy atom. The summed E-state index contributed by atoms with van der Waals surface area (Å²) in [5, 5.41) is 0. The number of hydrogen-bond acceptors (Lipinski definition) is 2. The monoisotopic (exact) mass is 346 g/mol. The molecule has 0 heterocycles. The average Bonchev–Trinajstić information content (AvgIpc) is 2.45. The van der Waals surface area contributed by atoms with Gasteiger partial charge in [0.25, 0.3) is 0 Å². The van der Waals surface area contributed by atoms with Gasteiger partial charge in [-0.3, -0.25) is 4.79 Å². The van der Waals surface area contributed by atoms with Gasteiger partial charge in [-0.25, -0.2) is 0 Å². The van der Waals surface area contributed by atoms with Crippen LogP contribution in [-0.2, 0) is 43.0 Å². The summed E-state index contributed by atoms with van der Waals surface area (Å²) in [6.07, 6.45) is 1.16. The van der Waals surface area contributed by atoms with Crippen LogP contribution in [0.15, 0.2) is 60.7 Å². The summed E-state index contributed by atoms with van der Waals surface area (Å²) in [4.78, 5) is 11.6. The Labute approximate surface area is 127 Å². The van der Waals surface area contributed by atoms with E-state index in [2.05, 4.69) is 0 Å². The minimum absolute atomic E-state index is 0. The van der Waals surface area contributed by atoms with E-state index in [1.54, 1.807) is 0 Å². The predicted molar refractivity (Wildman–Crippen MR) is 71.0 cm³/mol. The summed E-state index contributed by atoms with van der Waals surface area (Å²) in [5.41, 5.74) is 2.18. The van der Waals surface area contributed by atoms with Gasteiger partial charge < -0.3 is 4.74 Å². The Morgan fingerprint density at radius 1 is 0.842 bits per heavy atom. The Bertz CT molecular complexity index is 437. The number of carbonyl (C=O) groups excluding carboxylic acids is 1. The number of esters is 1. The maximum absolute atomic E-state index is 11.6. The van der Waals surface area contributed by atoms with Crippen molar-refractivity contribution in [1.82, 2.24) is 0 Å². The molecule has 0 atom stereocenters. The molecule has 102 valence electrons. The minimum Gasteiger partial charge on any atom is -0.461 e. The zero-order chi connectivity index (χ0) is 12.6. The van der Waals surface area contributed by atoms with Gasteiger partial charge in [0.05, 0.1) is 0 Å². The molecule has 0 radical (unpaired) electrons. The Kier molecular flexibility index (Phi) is 7.10. The van der Waals surface area contributed by atoms with Gasteiger partial charge in [0.15, 0.2) is 0 Å². The molecule has 0 bridgehead atoms. The van der Waals surface area contributed by atoms with Gasteiger partial charge in [-0.2, -0.15) is 0 Å². The van der Waals surface area contributed by atoms with Crippen LogP contribution in [0, 0.1) is 0 Å². The van der Waals surface area contributed by atoms with E-state index in [1.807, 2.05) is 60.7 Å². The molecule has 2 aromatic rings. The van der Waals surface area contributed by atoms with Gasteiger partial charge in [0.1, 0.15) is 6.61 Å². The van der Waals surface area contributed by atoms with Crippen molar-refractivity contribution in [1.29, 1.82) is 0 Å². The normalized spacial score (nSPS) is 9.47. The maximum atomic E-state index is 11.6. The second-order valence-electron chi connectivity index (χ2n) is 4.13. The zero-order valence-electron chi connectivity index (χ0n) is 10.5. The number of rotatable bonds is 5. The molecule has 0 aliphatic carbocycles. The fourth-order valence-corrected chi connectivity index (χ4v) is 1.70.